The first-order valence-corrected chi connectivity index (χ1v) is 48.8. The van der Waals surface area contributed by atoms with Crippen LogP contribution in [0.2, 0.25) is 0 Å². The Hall–Kier alpha value is -3.94. The van der Waals surface area contributed by atoms with E-state index < -0.39 is 88.5 Å². The van der Waals surface area contributed by atoms with Crippen molar-refractivity contribution >= 4 is 127 Å². The second-order valence-corrected chi connectivity index (χ2v) is 40.6. The SMILES string of the molecule is CC(C)C(C)(C)C(C(=O)O)C(=O)O.CC(C)C(C)(C)CC(=O)O.CC(C)C(C)(C)CC(C#N)CCc1ccccc1.CC(C)C(C)(C)CC(N)C(=O)O.CC(C)C(C)(C)CC(NCc1ccccc1)C(=O)O.CC(C)C(C)(C)CC=O.CCOC(=O)C(C(=O)OCC)=C(C)C.CCOC(=O)C(C(=O)OCC)C(C)(C)C(C)C.CON(C)C(=O)CC(C)(C)C(C)C.C[CH-]C.O.[AlH3].[Br-].[Cu][I].[H-].[Li+].[Li+].[Mg+2].[OH-]. The Morgan fingerprint density at radius 3 is 1.06 bits per heavy atom. The number of aliphatic carboxylic acids is 5. The zero-order chi connectivity index (χ0) is 105. The Morgan fingerprint density at radius 1 is 0.511 bits per heavy atom. The number of nitrogens with zero attached hydrogens (tertiary/aromatic N) is 2. The van der Waals surface area contributed by atoms with E-state index in [0.717, 1.165) is 31.1 Å². The number of ether oxygens (including phenoxy) is 4. The van der Waals surface area contributed by atoms with Crippen molar-refractivity contribution in [1.82, 2.24) is 10.4 Å². The first-order valence-electron chi connectivity index (χ1n) is 45.7. The number of rotatable bonds is 41. The fourth-order valence-electron chi connectivity index (χ4n) is 10.1. The van der Waals surface area contributed by atoms with Crippen molar-refractivity contribution in [3.8, 4) is 6.07 Å². The number of carboxylic acid groups (broad SMARTS) is 5. The quantitative estimate of drug-likeness (QED) is 0.00311. The number of carbonyl (C=O) groups excluding carboxylic acids is 6. The summed E-state index contributed by atoms with van der Waals surface area (Å²) in [4.78, 5) is 126. The van der Waals surface area contributed by atoms with Gasteiger partial charge in [-0.1, -0.05) is 288 Å². The van der Waals surface area contributed by atoms with Gasteiger partial charge in [0.1, 0.15) is 23.9 Å². The third kappa shape index (κ3) is 80.0. The van der Waals surface area contributed by atoms with Crippen molar-refractivity contribution in [1.29, 1.82) is 5.26 Å². The number of amides is 1. The van der Waals surface area contributed by atoms with Crippen molar-refractivity contribution in [2.24, 2.45) is 114 Å². The van der Waals surface area contributed by atoms with Crippen LogP contribution in [0.4, 0.5) is 0 Å². The molecule has 0 heterocycles. The molecule has 0 spiro atoms. The van der Waals surface area contributed by atoms with Crippen molar-refractivity contribution in [3.05, 3.63) is 89.4 Å². The van der Waals surface area contributed by atoms with Gasteiger partial charge in [0, 0.05) is 32.4 Å². The molecule has 0 aliphatic rings. The Kier molecular flexibility index (Phi) is 109. The molecule has 0 radical (unpaired) electrons. The standard InChI is InChI=1S/C17H25N.C16H25NO2.C13H24O4.C10H21NO2.C10H16O4.C9H19NO2.C9H16O4.C8H16O2.C8H16O.C3H7.Al.BrH.Cu.HI.2Li.Mg.2H2O.4H/c1-14(2)17(3,4)12-16(13-18)11-10-15-8-6-5-7-9-15;1-12(2)16(3,4)10-14(15(18)19)17-11-13-8-6-5-7-9-13;1-7-16-11(14)10(12(15)17-8-2)13(5,6)9(3)4;1-8(2)10(3,4)7-9(12)11(5)13-6;1-5-13-9(11)8(7(3)4)10(12)14-6-2;1-6(2)9(3,4)5-7(10)8(11)12;1-5(2)9(3,4)6(7(10)11)8(12)13;1-6(2)8(3,4)5-7(9)10;1-7(2)8(3,4)5-6-9;1-3-2;;;;;;;;;;;;;/h5-9,14,16H,10-12H2,1-4H3;5-9,12,14,17H,10-11H2,1-4H3,(H,18,19);9-10H,7-8H2,1-6H3;8H,7H2,1-6H3;5-6H2,1-4H3;6-7H,5,10H2,1-4H3,(H,11,12);5-6H,1-4H3,(H,10,11)(H,12,13);6H,5H2,1-4H3,(H,9,10);6-7H,5H2,1-4H3;3H,1-2H3;;1H;;1H;;;;2*1H2;;;;/q;;;;;;;;;-1;;;+1;;2*+1;+2;;;;;;-1/p-3. The predicted molar refractivity (Wildman–Crippen MR) is 553 cm³/mol. The fraction of sp³-hybridized carbons (Fsp3) is 0.738. The van der Waals surface area contributed by atoms with Crippen molar-refractivity contribution in [2.45, 2.75) is 347 Å². The predicted octanol–water partition coefficient (Wildman–Crippen LogP) is 12.1. The molecule has 137 heavy (non-hydrogen) atoms. The van der Waals surface area contributed by atoms with E-state index in [1.54, 1.807) is 82.8 Å². The number of carbonyl (C=O) groups is 11. The molecule has 2 aromatic carbocycles. The van der Waals surface area contributed by atoms with Crippen molar-refractivity contribution in [3.63, 3.8) is 0 Å². The number of aryl methyl sites for hydroxylation is 1. The summed E-state index contributed by atoms with van der Waals surface area (Å²) in [6, 6.07) is 21.6. The zero-order valence-electron chi connectivity index (χ0n) is 93.6. The molecule has 794 valence electrons. The van der Waals surface area contributed by atoms with Crippen LogP contribution in [0.15, 0.2) is 71.8 Å². The average Bonchev–Trinajstić information content (AvgIpc) is 0.814. The van der Waals surface area contributed by atoms with Crippen LogP contribution in [0, 0.1) is 126 Å². The van der Waals surface area contributed by atoms with E-state index in [1.165, 1.54) is 17.7 Å². The smallest absolute Gasteiger partial charge is 1.00 e. The molecule has 1 amide bonds. The van der Waals surface area contributed by atoms with Crippen molar-refractivity contribution < 1.29 is 182 Å². The number of hydrogen-bond donors (Lipinski definition) is 7. The Labute approximate surface area is 913 Å². The second-order valence-electron chi connectivity index (χ2n) is 40.6. The van der Waals surface area contributed by atoms with Crippen LogP contribution in [0.3, 0.4) is 0 Å². The molecule has 0 saturated carbocycles. The van der Waals surface area contributed by atoms with Gasteiger partial charge in [0.2, 0.25) is 5.91 Å². The number of esters is 4. The minimum Gasteiger partial charge on any atom is -1.00 e. The largest absolute Gasteiger partial charge is 2.00 e. The molecule has 0 bridgehead atoms. The summed E-state index contributed by atoms with van der Waals surface area (Å²) in [6.45, 7) is 81.2. The molecule has 2 rings (SSSR count). The van der Waals surface area contributed by atoms with Gasteiger partial charge in [-0.2, -0.15) is 19.1 Å². The van der Waals surface area contributed by atoms with E-state index in [4.69, 9.17) is 49.9 Å². The molecule has 11 N–H and O–H groups in total. The number of hydroxylamine groups is 2. The van der Waals surface area contributed by atoms with Crippen molar-refractivity contribution in [2.75, 3.05) is 40.6 Å². The van der Waals surface area contributed by atoms with E-state index in [-0.39, 0.29) is 202 Å². The number of hydrogen-bond acceptors (Lipinski definition) is 20. The van der Waals surface area contributed by atoms with Gasteiger partial charge < -0.3 is 96.1 Å². The van der Waals surface area contributed by atoms with Crippen LogP contribution < -0.4 is 65.8 Å². The summed E-state index contributed by atoms with van der Waals surface area (Å²) >= 11 is 5.87. The molecule has 3 unspecified atom stereocenters. The number of nitrogens with two attached hydrogens (primary N) is 1. The average molecular weight is 2190 g/mol. The molecule has 2 aromatic rings. The van der Waals surface area contributed by atoms with Crippen LogP contribution in [-0.4, -0.2) is 201 Å². The summed E-state index contributed by atoms with van der Waals surface area (Å²) in [5.74, 6) is -5.99. The maximum absolute atomic E-state index is 11.9. The van der Waals surface area contributed by atoms with Crippen LogP contribution >= 0.6 is 20.3 Å². The Morgan fingerprint density at radius 2 is 0.818 bits per heavy atom. The molecule has 34 heteroatoms. The number of nitrogens with one attached hydrogen (secondary N) is 1. The molecule has 0 saturated heterocycles. The molecule has 0 fully saturated rings. The van der Waals surface area contributed by atoms with Crippen LogP contribution in [0.25, 0.3) is 0 Å². The molecule has 0 aromatic heterocycles. The third-order valence-corrected chi connectivity index (χ3v) is 25.4. The van der Waals surface area contributed by atoms with E-state index >= 15 is 0 Å². The Bertz CT molecular complexity index is 3520. The second kappa shape index (κ2) is 88.5. The van der Waals surface area contributed by atoms with Gasteiger partial charge in [-0.3, -0.25) is 43.2 Å². The van der Waals surface area contributed by atoms with Gasteiger partial charge in [-0.15, -0.1) is 0 Å². The van der Waals surface area contributed by atoms with Gasteiger partial charge in [0.25, 0.3) is 0 Å². The summed E-state index contributed by atoms with van der Waals surface area (Å²) in [7, 11) is 3.14. The van der Waals surface area contributed by atoms with Gasteiger partial charge in [0.15, 0.2) is 29.2 Å². The van der Waals surface area contributed by atoms with E-state index in [9.17, 15) is 63.1 Å². The zero-order valence-corrected chi connectivity index (χ0v) is 98.7. The number of nitriles is 1. The molecular weight excluding hydrogens is 2000 g/mol. The van der Waals surface area contributed by atoms with Crippen LogP contribution in [-0.2, 0) is 102 Å². The summed E-state index contributed by atoms with van der Waals surface area (Å²) < 4.78 is 19.4. The van der Waals surface area contributed by atoms with E-state index in [2.05, 4.69) is 173 Å². The minimum atomic E-state index is -1.34. The normalized spacial score (nSPS) is 11.5. The summed E-state index contributed by atoms with van der Waals surface area (Å²) in [6.07, 6.45) is 8.58. The Balaban J connectivity index is -0.0000000791. The van der Waals surface area contributed by atoms with E-state index in [1.807, 2.05) is 140 Å². The van der Waals surface area contributed by atoms with Gasteiger partial charge in [-0.05, 0) is 175 Å². The number of halogens is 2. The van der Waals surface area contributed by atoms with E-state index in [0.29, 0.717) is 73.3 Å². The van der Waals surface area contributed by atoms with Gasteiger partial charge in [-0.25, -0.2) is 14.7 Å². The number of aldehydes is 1. The molecule has 27 nitrogen and oxygen atoms in total. The van der Waals surface area contributed by atoms with Gasteiger partial charge >= 0.3 is 148 Å². The number of carboxylic acids is 5. The molecule has 0 aliphatic heterocycles. The summed E-state index contributed by atoms with van der Waals surface area (Å²) in [5, 5.41) is 57.7. The fourth-order valence-corrected chi connectivity index (χ4v) is 10.1. The first-order chi connectivity index (χ1) is 59.2. The third-order valence-electron chi connectivity index (χ3n) is 25.4. The summed E-state index contributed by atoms with van der Waals surface area (Å²) in [5.41, 5.74) is 7.64. The monoisotopic (exact) mass is 2190 g/mol. The maximum Gasteiger partial charge on any atom is 2.00 e. The molecule has 3 atom stereocenters. The van der Waals surface area contributed by atoms with Gasteiger partial charge in [0.05, 0.1) is 46.0 Å². The molecular formula is C103H192AlBrCuILi2MgN4O23. The topological polar surface area (TPSA) is 462 Å². The number of benzene rings is 2. The maximum atomic E-state index is 11.9. The van der Waals surface area contributed by atoms with Crippen LogP contribution in [0.5, 0.6) is 0 Å². The first kappa shape index (κ1) is 169. The minimum absolute atomic E-state index is 0. The van der Waals surface area contributed by atoms with Crippen LogP contribution in [0.1, 0.15) is 334 Å². The number of allylic oxidation sites excluding steroid dienone is 1. The molecule has 0 aliphatic carbocycles.